The van der Waals surface area contributed by atoms with Gasteiger partial charge in [-0.2, -0.15) is 0 Å². The largest absolute Gasteiger partial charge is 0.465 e. The predicted molar refractivity (Wildman–Crippen MR) is 49.4 cm³/mol. The van der Waals surface area contributed by atoms with Gasteiger partial charge in [-0.05, 0) is 13.8 Å². The molecule has 0 saturated carbocycles. The second-order valence-corrected chi connectivity index (χ2v) is 2.85. The summed E-state index contributed by atoms with van der Waals surface area (Å²) < 4.78 is 9.48. The molecule has 1 heterocycles. The van der Waals surface area contributed by atoms with Gasteiger partial charge in [0.2, 0.25) is 0 Å². The highest BCUT2D eigenvalue weighted by molar-refractivity contribution is 5.75. The molecule has 1 atom stereocenters. The van der Waals surface area contributed by atoms with Crippen LogP contribution in [-0.2, 0) is 16.1 Å². The number of hydrogen-bond acceptors (Lipinski definition) is 5. The van der Waals surface area contributed by atoms with Crippen molar-refractivity contribution < 1.29 is 14.1 Å². The van der Waals surface area contributed by atoms with Gasteiger partial charge < -0.3 is 9.26 Å². The van der Waals surface area contributed by atoms with Crippen molar-refractivity contribution >= 4 is 5.97 Å². The van der Waals surface area contributed by atoms with E-state index in [1.54, 1.807) is 19.9 Å². The van der Waals surface area contributed by atoms with Crippen LogP contribution in [0.1, 0.15) is 19.5 Å². The van der Waals surface area contributed by atoms with Crippen molar-refractivity contribution in [3.63, 3.8) is 0 Å². The van der Waals surface area contributed by atoms with E-state index in [1.807, 2.05) is 0 Å². The van der Waals surface area contributed by atoms with Gasteiger partial charge in [-0.1, -0.05) is 5.16 Å². The van der Waals surface area contributed by atoms with Crippen molar-refractivity contribution in [1.29, 1.82) is 0 Å². The zero-order chi connectivity index (χ0) is 10.4. The summed E-state index contributed by atoms with van der Waals surface area (Å²) in [5, 5.41) is 6.68. The zero-order valence-electron chi connectivity index (χ0n) is 8.32. The van der Waals surface area contributed by atoms with Gasteiger partial charge in [-0.3, -0.25) is 10.1 Å². The Morgan fingerprint density at radius 1 is 1.79 bits per heavy atom. The molecule has 0 saturated heterocycles. The van der Waals surface area contributed by atoms with E-state index in [2.05, 4.69) is 15.0 Å². The van der Waals surface area contributed by atoms with Crippen molar-refractivity contribution in [2.75, 3.05) is 6.61 Å². The molecule has 1 N–H and O–H groups in total. The summed E-state index contributed by atoms with van der Waals surface area (Å²) >= 11 is 0. The Kier molecular flexibility index (Phi) is 4.12. The Hall–Kier alpha value is -1.36. The smallest absolute Gasteiger partial charge is 0.322 e. The average Bonchev–Trinajstić information content (AvgIpc) is 2.67. The van der Waals surface area contributed by atoms with E-state index in [9.17, 15) is 4.79 Å². The van der Waals surface area contributed by atoms with Crippen LogP contribution >= 0.6 is 0 Å². The minimum Gasteiger partial charge on any atom is -0.465 e. The zero-order valence-corrected chi connectivity index (χ0v) is 8.32. The molecule has 0 spiro atoms. The molecule has 78 valence electrons. The quantitative estimate of drug-likeness (QED) is 0.706. The summed E-state index contributed by atoms with van der Waals surface area (Å²) in [4.78, 5) is 11.2. The number of nitrogens with one attached hydrogen (secondary N) is 1. The lowest BCUT2D eigenvalue weighted by atomic mass is 10.3. The number of carbonyl (C=O) groups is 1. The monoisotopic (exact) mass is 198 g/mol. The molecular weight excluding hydrogens is 184 g/mol. The van der Waals surface area contributed by atoms with Crippen LogP contribution in [0.15, 0.2) is 16.9 Å². The molecule has 14 heavy (non-hydrogen) atoms. The van der Waals surface area contributed by atoms with Gasteiger partial charge in [0.15, 0.2) is 0 Å². The summed E-state index contributed by atoms with van der Waals surface area (Å²) in [7, 11) is 0. The minimum atomic E-state index is -0.327. The molecule has 0 aliphatic rings. The van der Waals surface area contributed by atoms with Gasteiger partial charge in [-0.15, -0.1) is 0 Å². The topological polar surface area (TPSA) is 64.4 Å². The highest BCUT2D eigenvalue weighted by atomic mass is 16.5. The van der Waals surface area contributed by atoms with Crippen LogP contribution in [-0.4, -0.2) is 23.8 Å². The molecule has 1 aromatic heterocycles. The molecule has 5 heteroatoms. The second kappa shape index (κ2) is 5.39. The van der Waals surface area contributed by atoms with Crippen LogP contribution < -0.4 is 5.32 Å². The fourth-order valence-electron chi connectivity index (χ4n) is 0.937. The van der Waals surface area contributed by atoms with Crippen molar-refractivity contribution in [2.24, 2.45) is 0 Å². The summed E-state index contributed by atoms with van der Waals surface area (Å²) in [5.41, 5.74) is 0.765. The molecule has 0 fully saturated rings. The maximum atomic E-state index is 11.2. The number of nitrogens with zero attached hydrogens (tertiary/aromatic N) is 1. The predicted octanol–water partition coefficient (Wildman–Crippen LogP) is 0.716. The Labute approximate surface area is 82.4 Å². The number of carbonyl (C=O) groups excluding carboxylic acids is 1. The van der Waals surface area contributed by atoms with Crippen molar-refractivity contribution in [2.45, 2.75) is 26.4 Å². The molecule has 0 amide bonds. The molecular formula is C9H14N2O3. The SMILES string of the molecule is CCOC(=O)C(C)NCc1ccon1. The lowest BCUT2D eigenvalue weighted by Crippen LogP contribution is -2.34. The Bertz CT molecular complexity index is 272. The molecule has 0 bridgehead atoms. The Balaban J connectivity index is 2.27. The summed E-state index contributed by atoms with van der Waals surface area (Å²) in [6, 6.07) is 1.41. The van der Waals surface area contributed by atoms with E-state index in [4.69, 9.17) is 4.74 Å². The third kappa shape index (κ3) is 3.18. The standard InChI is InChI=1S/C9H14N2O3/c1-3-13-9(12)7(2)10-6-8-4-5-14-11-8/h4-5,7,10H,3,6H2,1-2H3. The van der Waals surface area contributed by atoms with E-state index in [1.165, 1.54) is 6.26 Å². The number of aromatic nitrogens is 1. The van der Waals surface area contributed by atoms with Gasteiger partial charge in [-0.25, -0.2) is 0 Å². The average molecular weight is 198 g/mol. The third-order valence-electron chi connectivity index (χ3n) is 1.72. The van der Waals surface area contributed by atoms with Gasteiger partial charge >= 0.3 is 5.97 Å². The number of ether oxygens (including phenoxy) is 1. The lowest BCUT2D eigenvalue weighted by molar-refractivity contribution is -0.145. The van der Waals surface area contributed by atoms with E-state index in [0.717, 1.165) is 5.69 Å². The van der Waals surface area contributed by atoms with Crippen LogP contribution in [0, 0.1) is 0 Å². The van der Waals surface area contributed by atoms with Crippen molar-refractivity contribution in [3.8, 4) is 0 Å². The van der Waals surface area contributed by atoms with Gasteiger partial charge in [0.1, 0.15) is 12.3 Å². The highest BCUT2D eigenvalue weighted by Gasteiger charge is 2.12. The van der Waals surface area contributed by atoms with Gasteiger partial charge in [0, 0.05) is 12.6 Å². The Morgan fingerprint density at radius 2 is 2.57 bits per heavy atom. The van der Waals surface area contributed by atoms with Crippen LogP contribution in [0.25, 0.3) is 0 Å². The maximum Gasteiger partial charge on any atom is 0.322 e. The first-order valence-corrected chi connectivity index (χ1v) is 4.53. The Morgan fingerprint density at radius 3 is 3.14 bits per heavy atom. The first-order valence-electron chi connectivity index (χ1n) is 4.53. The van der Waals surface area contributed by atoms with Crippen LogP contribution in [0.5, 0.6) is 0 Å². The van der Waals surface area contributed by atoms with Crippen LogP contribution in [0.2, 0.25) is 0 Å². The van der Waals surface area contributed by atoms with Crippen LogP contribution in [0.3, 0.4) is 0 Å². The first-order chi connectivity index (χ1) is 6.74. The van der Waals surface area contributed by atoms with Crippen molar-refractivity contribution in [1.82, 2.24) is 10.5 Å². The summed E-state index contributed by atoms with van der Waals surface area (Å²) in [5.74, 6) is -0.254. The van der Waals surface area contributed by atoms with Gasteiger partial charge in [0.25, 0.3) is 0 Å². The summed E-state index contributed by atoms with van der Waals surface area (Å²) in [6.07, 6.45) is 1.49. The molecule has 0 aliphatic heterocycles. The molecule has 1 unspecified atom stereocenters. The number of hydrogen-bond donors (Lipinski definition) is 1. The fraction of sp³-hybridized carbons (Fsp3) is 0.556. The van der Waals surface area contributed by atoms with E-state index in [-0.39, 0.29) is 12.0 Å². The number of rotatable bonds is 5. The lowest BCUT2D eigenvalue weighted by Gasteiger charge is -2.10. The van der Waals surface area contributed by atoms with Gasteiger partial charge in [0.05, 0.1) is 12.3 Å². The molecule has 5 nitrogen and oxygen atoms in total. The molecule has 1 rings (SSSR count). The fourth-order valence-corrected chi connectivity index (χ4v) is 0.937. The molecule has 1 aromatic rings. The third-order valence-corrected chi connectivity index (χ3v) is 1.72. The molecule has 0 aliphatic carbocycles. The van der Waals surface area contributed by atoms with E-state index >= 15 is 0 Å². The second-order valence-electron chi connectivity index (χ2n) is 2.85. The first kappa shape index (κ1) is 10.7. The molecule has 0 aromatic carbocycles. The maximum absolute atomic E-state index is 11.2. The van der Waals surface area contributed by atoms with Crippen LogP contribution in [0.4, 0.5) is 0 Å². The van der Waals surface area contributed by atoms with Crippen molar-refractivity contribution in [3.05, 3.63) is 18.0 Å². The normalized spacial score (nSPS) is 12.4. The minimum absolute atomic E-state index is 0.254. The highest BCUT2D eigenvalue weighted by Crippen LogP contribution is 1.95. The number of esters is 1. The van der Waals surface area contributed by atoms with E-state index < -0.39 is 0 Å². The summed E-state index contributed by atoms with van der Waals surface area (Å²) in [6.45, 7) is 4.42. The molecule has 0 radical (unpaired) electrons. The van der Waals surface area contributed by atoms with E-state index in [0.29, 0.717) is 13.2 Å².